The van der Waals surface area contributed by atoms with Gasteiger partial charge in [-0.1, -0.05) is 35.5 Å². The number of fused-ring (bicyclic) bond motifs is 1. The summed E-state index contributed by atoms with van der Waals surface area (Å²) in [6, 6.07) is 13.3. The number of ether oxygens (including phenoxy) is 1. The van der Waals surface area contributed by atoms with E-state index < -0.39 is 5.97 Å². The molecule has 4 aromatic rings. The molecule has 7 nitrogen and oxygen atoms in total. The van der Waals surface area contributed by atoms with Crippen molar-refractivity contribution in [1.82, 2.24) is 19.9 Å². The second-order valence-corrected chi connectivity index (χ2v) is 6.44. The lowest BCUT2D eigenvalue weighted by Crippen LogP contribution is -2.07. The average molecular weight is 362 g/mol. The molecule has 3 aromatic heterocycles. The van der Waals surface area contributed by atoms with E-state index in [0.717, 1.165) is 16.6 Å². The third-order valence-corrected chi connectivity index (χ3v) is 4.13. The van der Waals surface area contributed by atoms with E-state index >= 15 is 0 Å². The van der Waals surface area contributed by atoms with E-state index in [1.54, 1.807) is 18.3 Å². The van der Waals surface area contributed by atoms with Crippen molar-refractivity contribution in [1.29, 1.82) is 0 Å². The minimum atomic E-state index is -0.473. The number of hydrogen-bond donors (Lipinski definition) is 0. The Morgan fingerprint density at radius 3 is 2.78 bits per heavy atom. The number of esters is 1. The molecule has 0 aliphatic rings. The average Bonchev–Trinajstić information content (AvgIpc) is 3.33. The lowest BCUT2D eigenvalue weighted by Gasteiger charge is -2.06. The highest BCUT2D eigenvalue weighted by molar-refractivity contribution is 5.92. The summed E-state index contributed by atoms with van der Waals surface area (Å²) in [5, 5.41) is 9.10. The van der Waals surface area contributed by atoms with Gasteiger partial charge in [0.05, 0.1) is 11.8 Å². The monoisotopic (exact) mass is 362 g/mol. The number of carbonyl (C=O) groups is 1. The van der Waals surface area contributed by atoms with Gasteiger partial charge in [-0.2, -0.15) is 5.10 Å². The molecule has 0 atom stereocenters. The zero-order valence-electron chi connectivity index (χ0n) is 15.0. The summed E-state index contributed by atoms with van der Waals surface area (Å²) in [6.45, 7) is 4.05. The molecule has 0 saturated carbocycles. The second kappa shape index (κ2) is 7.03. The Morgan fingerprint density at radius 2 is 2.00 bits per heavy atom. The summed E-state index contributed by atoms with van der Waals surface area (Å²) in [6.07, 6.45) is 3.20. The molecule has 3 heterocycles. The van der Waals surface area contributed by atoms with Crippen LogP contribution in [0.25, 0.3) is 22.3 Å². The first kappa shape index (κ1) is 17.0. The number of rotatable bonds is 5. The van der Waals surface area contributed by atoms with E-state index in [1.807, 2.05) is 48.9 Å². The van der Waals surface area contributed by atoms with Crippen molar-refractivity contribution in [3.05, 3.63) is 66.2 Å². The summed E-state index contributed by atoms with van der Waals surface area (Å²) in [5.74, 6) is 0.00299. The predicted molar refractivity (Wildman–Crippen MR) is 99.0 cm³/mol. The molecule has 0 aliphatic heterocycles. The molecule has 0 N–H and O–H groups in total. The quantitative estimate of drug-likeness (QED) is 0.499. The first-order valence-corrected chi connectivity index (χ1v) is 8.63. The van der Waals surface area contributed by atoms with Crippen molar-refractivity contribution in [3.63, 3.8) is 0 Å². The molecular weight excluding hydrogens is 344 g/mol. The molecule has 4 rings (SSSR count). The van der Waals surface area contributed by atoms with Gasteiger partial charge in [-0.3, -0.25) is 0 Å². The van der Waals surface area contributed by atoms with E-state index in [4.69, 9.17) is 9.26 Å². The van der Waals surface area contributed by atoms with Crippen LogP contribution in [-0.4, -0.2) is 25.9 Å². The summed E-state index contributed by atoms with van der Waals surface area (Å²) in [7, 11) is 0. The normalized spacial score (nSPS) is 11.2. The smallest absolute Gasteiger partial charge is 0.340 e. The molecule has 0 spiro atoms. The molecular formula is C20H18N4O3. The molecule has 1 aromatic carbocycles. The molecule has 0 aliphatic carbocycles. The van der Waals surface area contributed by atoms with Crippen LogP contribution in [-0.2, 0) is 11.3 Å². The van der Waals surface area contributed by atoms with Crippen LogP contribution in [0, 0.1) is 0 Å². The minimum absolute atomic E-state index is 0.00194. The van der Waals surface area contributed by atoms with Gasteiger partial charge in [0.2, 0.25) is 0 Å². The molecule has 27 heavy (non-hydrogen) atoms. The lowest BCUT2D eigenvalue weighted by molar-refractivity contribution is 0.0437. The molecule has 136 valence electrons. The first-order valence-electron chi connectivity index (χ1n) is 8.63. The van der Waals surface area contributed by atoms with Gasteiger partial charge in [0.15, 0.2) is 18.0 Å². The van der Waals surface area contributed by atoms with Gasteiger partial charge in [-0.25, -0.2) is 14.5 Å². The number of nitrogens with zero attached hydrogens (tertiary/aromatic N) is 4. The SMILES string of the molecule is CC(C)n1ncc2cc(C(=O)OCc3cc(-c4ccccc4)no3)cnc21. The first-order chi connectivity index (χ1) is 13.1. The molecule has 0 radical (unpaired) electrons. The Balaban J connectivity index is 1.45. The van der Waals surface area contributed by atoms with Crippen molar-refractivity contribution in [2.45, 2.75) is 26.5 Å². The summed E-state index contributed by atoms with van der Waals surface area (Å²) in [5.41, 5.74) is 2.75. The zero-order chi connectivity index (χ0) is 18.8. The maximum absolute atomic E-state index is 12.3. The third-order valence-electron chi connectivity index (χ3n) is 4.13. The molecule has 0 unspecified atom stereocenters. The van der Waals surface area contributed by atoms with Crippen molar-refractivity contribution in [3.8, 4) is 11.3 Å². The number of benzene rings is 1. The van der Waals surface area contributed by atoms with E-state index in [2.05, 4.69) is 15.2 Å². The van der Waals surface area contributed by atoms with Gasteiger partial charge >= 0.3 is 5.97 Å². The Kier molecular flexibility index (Phi) is 4.42. The highest BCUT2D eigenvalue weighted by Crippen LogP contribution is 2.20. The van der Waals surface area contributed by atoms with Gasteiger partial charge in [-0.15, -0.1) is 0 Å². The maximum atomic E-state index is 12.3. The van der Waals surface area contributed by atoms with Gasteiger partial charge in [-0.05, 0) is 19.9 Å². The summed E-state index contributed by atoms with van der Waals surface area (Å²) >= 11 is 0. The number of aromatic nitrogens is 4. The fraction of sp³-hybridized carbons (Fsp3) is 0.200. The van der Waals surface area contributed by atoms with Crippen molar-refractivity contribution < 1.29 is 14.1 Å². The lowest BCUT2D eigenvalue weighted by atomic mass is 10.1. The molecule has 0 fully saturated rings. The van der Waals surface area contributed by atoms with Gasteiger partial charge in [0, 0.05) is 29.3 Å². The maximum Gasteiger partial charge on any atom is 0.340 e. The van der Waals surface area contributed by atoms with Crippen molar-refractivity contribution in [2.24, 2.45) is 0 Å². The Hall–Kier alpha value is -3.48. The highest BCUT2D eigenvalue weighted by atomic mass is 16.5. The largest absolute Gasteiger partial charge is 0.454 e. The van der Waals surface area contributed by atoms with Crippen LogP contribution in [0.3, 0.4) is 0 Å². The molecule has 0 saturated heterocycles. The van der Waals surface area contributed by atoms with Crippen LogP contribution in [0.2, 0.25) is 0 Å². The Morgan fingerprint density at radius 1 is 1.19 bits per heavy atom. The van der Waals surface area contributed by atoms with Crippen LogP contribution >= 0.6 is 0 Å². The zero-order valence-corrected chi connectivity index (χ0v) is 15.0. The predicted octanol–water partition coefficient (Wildman–Crippen LogP) is 4.02. The highest BCUT2D eigenvalue weighted by Gasteiger charge is 2.14. The minimum Gasteiger partial charge on any atom is -0.454 e. The van der Waals surface area contributed by atoms with Gasteiger partial charge < -0.3 is 9.26 Å². The van der Waals surface area contributed by atoms with Crippen LogP contribution in [0.5, 0.6) is 0 Å². The Bertz CT molecular complexity index is 1080. The topological polar surface area (TPSA) is 83.0 Å². The fourth-order valence-corrected chi connectivity index (χ4v) is 2.78. The molecule has 0 bridgehead atoms. The number of hydrogen-bond acceptors (Lipinski definition) is 6. The van der Waals surface area contributed by atoms with Crippen LogP contribution in [0.1, 0.15) is 36.0 Å². The molecule has 7 heteroatoms. The second-order valence-electron chi connectivity index (χ2n) is 6.44. The van der Waals surface area contributed by atoms with E-state index in [-0.39, 0.29) is 12.6 Å². The van der Waals surface area contributed by atoms with Crippen LogP contribution < -0.4 is 0 Å². The number of pyridine rings is 1. The van der Waals surface area contributed by atoms with Gasteiger partial charge in [0.25, 0.3) is 0 Å². The van der Waals surface area contributed by atoms with Gasteiger partial charge in [0.1, 0.15) is 5.69 Å². The standard InChI is InChI=1S/C20H18N4O3/c1-13(2)24-19-15(11-22-24)8-16(10-21-19)20(25)26-12-17-9-18(23-27-17)14-6-4-3-5-7-14/h3-11,13H,12H2,1-2H3. The molecule has 0 amide bonds. The summed E-state index contributed by atoms with van der Waals surface area (Å²) < 4.78 is 12.4. The fourth-order valence-electron chi connectivity index (χ4n) is 2.78. The van der Waals surface area contributed by atoms with Crippen LogP contribution in [0.15, 0.2) is 59.4 Å². The summed E-state index contributed by atoms with van der Waals surface area (Å²) in [4.78, 5) is 16.7. The van der Waals surface area contributed by atoms with E-state index in [1.165, 1.54) is 6.20 Å². The van der Waals surface area contributed by atoms with Crippen LogP contribution in [0.4, 0.5) is 0 Å². The van der Waals surface area contributed by atoms with E-state index in [9.17, 15) is 4.79 Å². The third kappa shape index (κ3) is 3.44. The van der Waals surface area contributed by atoms with Crippen molar-refractivity contribution >= 4 is 17.0 Å². The number of carbonyl (C=O) groups excluding carboxylic acids is 1. The Labute approximate surface area is 155 Å². The van der Waals surface area contributed by atoms with Crippen molar-refractivity contribution in [2.75, 3.05) is 0 Å². The van der Waals surface area contributed by atoms with E-state index in [0.29, 0.717) is 17.0 Å².